The molecule has 2 rings (SSSR count). The van der Waals surface area contributed by atoms with E-state index in [9.17, 15) is 24.9 Å². The second-order valence-corrected chi connectivity index (χ2v) is 4.39. The number of benzene rings is 1. The van der Waals surface area contributed by atoms with Crippen LogP contribution < -0.4 is 10.2 Å². The first kappa shape index (κ1) is 14.4. The molecular formula is C14H12O7. The number of aromatic hydroxyl groups is 3. The number of ether oxygens (including phenoxy) is 1. The molecular weight excluding hydrogens is 280 g/mol. The molecule has 0 atom stereocenters. The number of fused-ring (bicyclic) bond motifs is 1. The van der Waals surface area contributed by atoms with Gasteiger partial charge in [0.15, 0.2) is 17.2 Å². The van der Waals surface area contributed by atoms with Crippen LogP contribution in [-0.2, 0) is 11.2 Å². The highest BCUT2D eigenvalue weighted by molar-refractivity contribution is 5.93. The largest absolute Gasteiger partial charge is 0.504 e. The van der Waals surface area contributed by atoms with Crippen molar-refractivity contribution >= 4 is 16.7 Å². The maximum atomic E-state index is 12.0. The van der Waals surface area contributed by atoms with Gasteiger partial charge in [0.2, 0.25) is 11.2 Å². The van der Waals surface area contributed by atoms with E-state index in [1.165, 1.54) is 19.2 Å². The number of methoxy groups -OCH3 is 1. The second kappa shape index (κ2) is 5.20. The van der Waals surface area contributed by atoms with Crippen LogP contribution in [0.3, 0.4) is 0 Å². The molecule has 0 radical (unpaired) electrons. The average molecular weight is 292 g/mol. The van der Waals surface area contributed by atoms with E-state index in [0.29, 0.717) is 0 Å². The molecule has 2 aromatic carbocycles. The van der Waals surface area contributed by atoms with Crippen molar-refractivity contribution in [2.75, 3.05) is 7.11 Å². The molecule has 0 fully saturated rings. The Morgan fingerprint density at radius 1 is 1.14 bits per heavy atom. The highest BCUT2D eigenvalue weighted by Crippen LogP contribution is 2.40. The number of carboxylic acids is 1. The van der Waals surface area contributed by atoms with Crippen LogP contribution in [0.25, 0.3) is 10.8 Å². The zero-order valence-corrected chi connectivity index (χ0v) is 11.0. The predicted octanol–water partition coefficient (Wildman–Crippen LogP) is 0.952. The van der Waals surface area contributed by atoms with Gasteiger partial charge in [0.05, 0.1) is 18.9 Å². The fraction of sp³-hybridized carbons (Fsp3) is 0.143. The number of carbonyl (C=O) groups is 1. The van der Waals surface area contributed by atoms with Crippen molar-refractivity contribution in [3.63, 3.8) is 0 Å². The number of rotatable bonds is 3. The third-order valence-electron chi connectivity index (χ3n) is 2.97. The lowest BCUT2D eigenvalue weighted by Crippen LogP contribution is -1.99. The van der Waals surface area contributed by atoms with Gasteiger partial charge in [0.25, 0.3) is 0 Å². The maximum absolute atomic E-state index is 12.0. The van der Waals surface area contributed by atoms with Crippen LogP contribution >= 0.6 is 0 Å². The van der Waals surface area contributed by atoms with E-state index in [1.807, 2.05) is 0 Å². The number of carboxylic acid groups (broad SMARTS) is 1. The van der Waals surface area contributed by atoms with Crippen LogP contribution in [0.2, 0.25) is 0 Å². The summed E-state index contributed by atoms with van der Waals surface area (Å²) in [5, 5.41) is 37.9. The third kappa shape index (κ3) is 2.53. The van der Waals surface area contributed by atoms with Gasteiger partial charge in [-0.2, -0.15) is 0 Å². The van der Waals surface area contributed by atoms with Gasteiger partial charge >= 0.3 is 5.97 Å². The van der Waals surface area contributed by atoms with Gasteiger partial charge in [-0.15, -0.1) is 0 Å². The van der Waals surface area contributed by atoms with Crippen molar-refractivity contribution < 1.29 is 30.0 Å². The topological polar surface area (TPSA) is 124 Å². The van der Waals surface area contributed by atoms with Gasteiger partial charge in [-0.3, -0.25) is 9.59 Å². The lowest BCUT2D eigenvalue weighted by atomic mass is 10.1. The molecule has 0 aliphatic rings. The van der Waals surface area contributed by atoms with Crippen LogP contribution in [0.1, 0.15) is 5.56 Å². The van der Waals surface area contributed by atoms with E-state index in [4.69, 9.17) is 9.84 Å². The van der Waals surface area contributed by atoms with E-state index in [2.05, 4.69) is 0 Å². The smallest absolute Gasteiger partial charge is 0.307 e. The number of phenols is 2. The Labute approximate surface area is 118 Å². The average Bonchev–Trinajstić information content (AvgIpc) is 2.51. The Balaban J connectivity index is 2.95. The Bertz CT molecular complexity index is 796. The van der Waals surface area contributed by atoms with Crippen molar-refractivity contribution in [2.45, 2.75) is 6.42 Å². The first-order chi connectivity index (χ1) is 9.85. The Kier molecular flexibility index (Phi) is 3.58. The normalized spacial score (nSPS) is 10.5. The van der Waals surface area contributed by atoms with E-state index in [0.717, 1.165) is 6.07 Å². The minimum absolute atomic E-state index is 0.0774. The lowest BCUT2D eigenvalue weighted by molar-refractivity contribution is -0.136. The summed E-state index contributed by atoms with van der Waals surface area (Å²) in [4.78, 5) is 22.8. The molecule has 110 valence electrons. The van der Waals surface area contributed by atoms with Gasteiger partial charge in [-0.05, 0) is 23.1 Å². The van der Waals surface area contributed by atoms with E-state index >= 15 is 0 Å². The summed E-state index contributed by atoms with van der Waals surface area (Å²) in [6.45, 7) is 0. The summed E-state index contributed by atoms with van der Waals surface area (Å²) in [5.74, 6) is -3.31. The SMILES string of the molecule is COc1cc2cc(CC(=O)O)cc(O)c(=O)c2c(O)c1O. The van der Waals surface area contributed by atoms with Crippen LogP contribution in [0, 0.1) is 0 Å². The first-order valence-electron chi connectivity index (χ1n) is 5.85. The first-order valence-corrected chi connectivity index (χ1v) is 5.85. The Morgan fingerprint density at radius 3 is 2.38 bits per heavy atom. The molecule has 0 saturated heterocycles. The minimum atomic E-state index is -1.14. The van der Waals surface area contributed by atoms with Gasteiger partial charge in [-0.1, -0.05) is 6.07 Å². The van der Waals surface area contributed by atoms with Crippen molar-refractivity contribution in [1.82, 2.24) is 0 Å². The monoisotopic (exact) mass is 292 g/mol. The fourth-order valence-corrected chi connectivity index (χ4v) is 2.05. The minimum Gasteiger partial charge on any atom is -0.504 e. The summed E-state index contributed by atoms with van der Waals surface area (Å²) < 4.78 is 4.86. The number of hydrogen-bond acceptors (Lipinski definition) is 6. The molecule has 0 saturated carbocycles. The van der Waals surface area contributed by atoms with Crippen molar-refractivity contribution in [2.24, 2.45) is 0 Å². The van der Waals surface area contributed by atoms with Crippen LogP contribution in [0.4, 0.5) is 0 Å². The number of hydrogen-bond donors (Lipinski definition) is 4. The predicted molar refractivity (Wildman–Crippen MR) is 73.1 cm³/mol. The van der Waals surface area contributed by atoms with Crippen molar-refractivity contribution in [3.05, 3.63) is 34.0 Å². The van der Waals surface area contributed by atoms with Crippen molar-refractivity contribution in [3.8, 4) is 23.0 Å². The van der Waals surface area contributed by atoms with Crippen LogP contribution in [0.5, 0.6) is 23.0 Å². The zero-order valence-electron chi connectivity index (χ0n) is 11.0. The van der Waals surface area contributed by atoms with Gasteiger partial charge in [0.1, 0.15) is 0 Å². The molecule has 0 aliphatic heterocycles. The number of phenolic OH excluding ortho intramolecular Hbond substituents is 2. The molecule has 2 aromatic rings. The standard InChI is InChI=1S/C14H12O7/c1-21-9-5-7-2-6(4-10(16)17)3-8(15)12(18)11(7)14(20)13(9)19/h2-3,5,19-20H,4H2,1H3,(H,15,18)(H,16,17). The molecule has 0 amide bonds. The van der Waals surface area contributed by atoms with Crippen LogP contribution in [-0.4, -0.2) is 33.5 Å². The quantitative estimate of drug-likeness (QED) is 0.621. The van der Waals surface area contributed by atoms with E-state index < -0.39 is 35.1 Å². The van der Waals surface area contributed by atoms with E-state index in [1.54, 1.807) is 0 Å². The highest BCUT2D eigenvalue weighted by atomic mass is 16.5. The Morgan fingerprint density at radius 2 is 1.81 bits per heavy atom. The van der Waals surface area contributed by atoms with Gasteiger partial charge in [-0.25, -0.2) is 0 Å². The van der Waals surface area contributed by atoms with Gasteiger partial charge < -0.3 is 25.2 Å². The third-order valence-corrected chi connectivity index (χ3v) is 2.97. The molecule has 0 aliphatic carbocycles. The fourth-order valence-electron chi connectivity index (χ4n) is 2.05. The highest BCUT2D eigenvalue weighted by Gasteiger charge is 2.17. The lowest BCUT2D eigenvalue weighted by Gasteiger charge is -2.06. The molecule has 21 heavy (non-hydrogen) atoms. The summed E-state index contributed by atoms with van der Waals surface area (Å²) in [5.41, 5.74) is -0.753. The second-order valence-electron chi connectivity index (χ2n) is 4.39. The molecule has 0 bridgehead atoms. The molecule has 7 nitrogen and oxygen atoms in total. The molecule has 4 N–H and O–H groups in total. The van der Waals surface area contributed by atoms with Crippen LogP contribution in [0.15, 0.2) is 23.0 Å². The van der Waals surface area contributed by atoms with Gasteiger partial charge in [0, 0.05) is 0 Å². The Hall–Kier alpha value is -2.96. The van der Waals surface area contributed by atoms with E-state index in [-0.39, 0.29) is 22.1 Å². The molecule has 0 unspecified atom stereocenters. The maximum Gasteiger partial charge on any atom is 0.307 e. The summed E-state index contributed by atoms with van der Waals surface area (Å²) in [6.07, 6.45) is -0.416. The molecule has 0 spiro atoms. The molecule has 0 heterocycles. The van der Waals surface area contributed by atoms with Crippen molar-refractivity contribution in [1.29, 1.82) is 0 Å². The molecule has 0 aromatic heterocycles. The zero-order chi connectivity index (χ0) is 15.7. The summed E-state index contributed by atoms with van der Waals surface area (Å²) in [7, 11) is 1.26. The molecule has 7 heteroatoms. The number of aliphatic carboxylic acids is 1. The summed E-state index contributed by atoms with van der Waals surface area (Å²) in [6, 6.07) is 3.61. The summed E-state index contributed by atoms with van der Waals surface area (Å²) >= 11 is 0.